The highest BCUT2D eigenvalue weighted by Gasteiger charge is 2.21. The molecule has 0 bridgehead atoms. The Morgan fingerprint density at radius 3 is 2.70 bits per heavy atom. The van der Waals surface area contributed by atoms with Crippen LogP contribution in [-0.2, 0) is 0 Å². The van der Waals surface area contributed by atoms with Crippen molar-refractivity contribution in [1.82, 2.24) is 4.90 Å². The van der Waals surface area contributed by atoms with Crippen LogP contribution in [0.1, 0.15) is 43.2 Å². The number of aromatic hydroxyl groups is 1. The summed E-state index contributed by atoms with van der Waals surface area (Å²) in [5.74, 6) is 0.968. The van der Waals surface area contributed by atoms with Crippen LogP contribution in [0.4, 0.5) is 0 Å². The number of benzene rings is 1. The quantitative estimate of drug-likeness (QED) is 0.844. The highest BCUT2D eigenvalue weighted by molar-refractivity contribution is 5.75. The number of nitrogens with zero attached hydrogens (tertiary/aromatic N) is 1. The van der Waals surface area contributed by atoms with E-state index in [1.165, 1.54) is 48.8 Å². The Balaban J connectivity index is 1.99. The van der Waals surface area contributed by atoms with Gasteiger partial charge in [-0.2, -0.15) is 0 Å². The van der Waals surface area contributed by atoms with Gasteiger partial charge in [-0.3, -0.25) is 0 Å². The van der Waals surface area contributed by atoms with Gasteiger partial charge in [0.05, 0.1) is 0 Å². The van der Waals surface area contributed by atoms with Crippen molar-refractivity contribution in [2.24, 2.45) is 5.92 Å². The lowest BCUT2D eigenvalue weighted by Crippen LogP contribution is -2.14. The van der Waals surface area contributed by atoms with Gasteiger partial charge in [0.15, 0.2) is 0 Å². The number of allylic oxidation sites excluding steroid dienone is 4. The first-order valence-electron chi connectivity index (χ1n) is 8.73. The zero-order valence-electron chi connectivity index (χ0n) is 14.3. The van der Waals surface area contributed by atoms with Gasteiger partial charge < -0.3 is 10.0 Å². The third kappa shape index (κ3) is 3.87. The Kier molecular flexibility index (Phi) is 4.90. The Morgan fingerprint density at radius 1 is 1.22 bits per heavy atom. The molecule has 0 saturated heterocycles. The maximum absolute atomic E-state index is 10.4. The van der Waals surface area contributed by atoms with Crippen LogP contribution in [0.3, 0.4) is 0 Å². The predicted molar refractivity (Wildman–Crippen MR) is 97.2 cm³/mol. The summed E-state index contributed by atoms with van der Waals surface area (Å²) in [6, 6.07) is 5.95. The summed E-state index contributed by atoms with van der Waals surface area (Å²) >= 11 is 0. The number of phenols is 1. The molecular weight excluding hydrogens is 282 g/mol. The summed E-state index contributed by atoms with van der Waals surface area (Å²) < 4.78 is 0. The number of aryl methyl sites for hydroxylation is 1. The van der Waals surface area contributed by atoms with Crippen molar-refractivity contribution in [2.45, 2.75) is 39.0 Å². The number of rotatable bonds is 3. The zero-order chi connectivity index (χ0) is 16.2. The van der Waals surface area contributed by atoms with Gasteiger partial charge in [-0.1, -0.05) is 43.0 Å². The van der Waals surface area contributed by atoms with E-state index in [1.807, 2.05) is 12.1 Å². The number of hydrogen-bond donors (Lipinski definition) is 1. The molecule has 1 heterocycles. The van der Waals surface area contributed by atoms with Crippen LogP contribution in [0, 0.1) is 12.8 Å². The van der Waals surface area contributed by atoms with Crippen molar-refractivity contribution in [3.63, 3.8) is 0 Å². The number of likely N-dealkylation sites (N-methyl/N-ethyl adjacent to an activating group) is 1. The highest BCUT2D eigenvalue weighted by Crippen LogP contribution is 2.39. The predicted octanol–water partition coefficient (Wildman–Crippen LogP) is 5.05. The second kappa shape index (κ2) is 7.08. The molecule has 1 aromatic rings. The van der Waals surface area contributed by atoms with Gasteiger partial charge >= 0.3 is 0 Å². The maximum Gasteiger partial charge on any atom is 0.123 e. The number of hydrogen-bond acceptors (Lipinski definition) is 2. The van der Waals surface area contributed by atoms with E-state index in [2.05, 4.69) is 49.4 Å². The molecule has 122 valence electrons. The lowest BCUT2D eigenvalue weighted by Gasteiger charge is -2.26. The molecule has 2 nitrogen and oxygen atoms in total. The second-order valence-electron chi connectivity index (χ2n) is 6.91. The van der Waals surface area contributed by atoms with E-state index in [-0.39, 0.29) is 0 Å². The molecule has 0 aromatic heterocycles. The van der Waals surface area contributed by atoms with Crippen molar-refractivity contribution in [3.05, 3.63) is 59.3 Å². The van der Waals surface area contributed by atoms with E-state index in [4.69, 9.17) is 0 Å². The van der Waals surface area contributed by atoms with Crippen LogP contribution in [0.5, 0.6) is 5.75 Å². The van der Waals surface area contributed by atoms with Gasteiger partial charge in [-0.15, -0.1) is 0 Å². The molecule has 0 spiro atoms. The minimum absolute atomic E-state index is 0.407. The van der Waals surface area contributed by atoms with Gasteiger partial charge in [0.25, 0.3) is 0 Å². The smallest absolute Gasteiger partial charge is 0.123 e. The average molecular weight is 309 g/mol. The Bertz CT molecular complexity index is 648. The van der Waals surface area contributed by atoms with E-state index in [9.17, 15) is 5.11 Å². The molecule has 1 N–H and O–H groups in total. The first kappa shape index (κ1) is 15.9. The molecule has 2 aliphatic rings. The van der Waals surface area contributed by atoms with E-state index in [0.717, 1.165) is 12.1 Å². The summed E-state index contributed by atoms with van der Waals surface area (Å²) in [6.07, 6.45) is 15.3. The third-order valence-electron chi connectivity index (χ3n) is 4.97. The van der Waals surface area contributed by atoms with E-state index in [1.54, 1.807) is 0 Å². The molecule has 0 radical (unpaired) electrons. The van der Waals surface area contributed by atoms with Crippen molar-refractivity contribution in [3.8, 4) is 5.75 Å². The van der Waals surface area contributed by atoms with Crippen molar-refractivity contribution in [2.75, 3.05) is 13.6 Å². The molecule has 3 rings (SSSR count). The van der Waals surface area contributed by atoms with Crippen molar-refractivity contribution in [1.29, 1.82) is 0 Å². The fourth-order valence-corrected chi connectivity index (χ4v) is 3.59. The maximum atomic E-state index is 10.4. The zero-order valence-corrected chi connectivity index (χ0v) is 14.3. The summed E-state index contributed by atoms with van der Waals surface area (Å²) in [4.78, 5) is 2.17. The molecular formula is C21H27NO. The van der Waals surface area contributed by atoms with Crippen molar-refractivity contribution >= 4 is 5.57 Å². The normalized spacial score (nSPS) is 19.8. The lowest BCUT2D eigenvalue weighted by molar-refractivity contribution is 0.425. The molecule has 2 heteroatoms. The van der Waals surface area contributed by atoms with Crippen LogP contribution in [0.15, 0.2) is 48.2 Å². The molecule has 1 fully saturated rings. The summed E-state index contributed by atoms with van der Waals surface area (Å²) in [6.45, 7) is 3.04. The first-order chi connectivity index (χ1) is 11.1. The molecule has 0 atom stereocenters. The minimum atomic E-state index is 0.407. The van der Waals surface area contributed by atoms with Gasteiger partial charge in [0.2, 0.25) is 0 Å². The summed E-state index contributed by atoms with van der Waals surface area (Å²) in [5.41, 5.74) is 4.79. The van der Waals surface area contributed by atoms with Crippen LogP contribution in [-0.4, -0.2) is 23.6 Å². The van der Waals surface area contributed by atoms with Crippen LogP contribution in [0.2, 0.25) is 0 Å². The van der Waals surface area contributed by atoms with Gasteiger partial charge in [0, 0.05) is 19.2 Å². The Labute approximate surface area is 139 Å². The van der Waals surface area contributed by atoms with Gasteiger partial charge in [-0.05, 0) is 61.2 Å². The SMILES string of the molecule is Cc1ccc(O)c(/C(=C/C2=CCN(C)C=C2)C2CCCCC2)c1. The van der Waals surface area contributed by atoms with Gasteiger partial charge in [0.1, 0.15) is 5.75 Å². The average Bonchev–Trinajstić information content (AvgIpc) is 2.57. The monoisotopic (exact) mass is 309 g/mol. The Hall–Kier alpha value is -1.96. The van der Waals surface area contributed by atoms with Crippen LogP contribution >= 0.6 is 0 Å². The molecule has 1 aliphatic carbocycles. The van der Waals surface area contributed by atoms with E-state index in [0.29, 0.717) is 11.7 Å². The van der Waals surface area contributed by atoms with E-state index >= 15 is 0 Å². The highest BCUT2D eigenvalue weighted by atomic mass is 16.3. The Morgan fingerprint density at radius 2 is 2.00 bits per heavy atom. The minimum Gasteiger partial charge on any atom is -0.507 e. The number of phenolic OH excluding ortho intramolecular Hbond substituents is 1. The standard InChI is InChI=1S/C21H27NO/c1-16-8-9-21(23)20(14-16)19(18-6-4-3-5-7-18)15-17-10-12-22(2)13-11-17/h8-12,14-15,18,23H,3-7,13H2,1-2H3/b19-15+. The summed E-state index contributed by atoms with van der Waals surface area (Å²) in [7, 11) is 2.09. The lowest BCUT2D eigenvalue weighted by atomic mass is 9.79. The van der Waals surface area contributed by atoms with Crippen LogP contribution in [0.25, 0.3) is 5.57 Å². The molecule has 1 saturated carbocycles. The van der Waals surface area contributed by atoms with Gasteiger partial charge in [-0.25, -0.2) is 0 Å². The first-order valence-corrected chi connectivity index (χ1v) is 8.73. The molecule has 1 aliphatic heterocycles. The molecule has 0 unspecified atom stereocenters. The fraction of sp³-hybridized carbons (Fsp3) is 0.429. The summed E-state index contributed by atoms with van der Waals surface area (Å²) in [5, 5.41) is 10.4. The molecule has 23 heavy (non-hydrogen) atoms. The fourth-order valence-electron chi connectivity index (χ4n) is 3.59. The topological polar surface area (TPSA) is 23.5 Å². The molecule has 0 amide bonds. The third-order valence-corrected chi connectivity index (χ3v) is 4.97. The largest absolute Gasteiger partial charge is 0.507 e. The second-order valence-corrected chi connectivity index (χ2v) is 6.91. The van der Waals surface area contributed by atoms with E-state index < -0.39 is 0 Å². The van der Waals surface area contributed by atoms with Crippen molar-refractivity contribution < 1.29 is 5.11 Å². The molecule has 1 aromatic carbocycles. The van der Waals surface area contributed by atoms with Crippen LogP contribution < -0.4 is 0 Å².